The van der Waals surface area contributed by atoms with Crippen LogP contribution < -0.4 is 9.47 Å². The molecule has 1 N–H and O–H groups in total. The Morgan fingerprint density at radius 1 is 0.882 bits per heavy atom. The lowest BCUT2D eigenvalue weighted by molar-refractivity contribution is 0.0952. The Bertz CT molecular complexity index is 1430. The number of Topliss-reactive ketones (excluding diaryl/α,β-unsaturated/α-hetero) is 2. The lowest BCUT2D eigenvalue weighted by atomic mass is 10.0. The van der Waals surface area contributed by atoms with Crippen LogP contribution in [0.4, 0.5) is 0 Å². The molecule has 0 spiro atoms. The van der Waals surface area contributed by atoms with Crippen molar-refractivity contribution in [2.75, 3.05) is 20.8 Å². The van der Waals surface area contributed by atoms with Gasteiger partial charge < -0.3 is 14.6 Å². The SMILES string of the molecule is COc1cccc(C(=O)CN2/C(=C(/O)c3cccc(OC)c3)C(=O)c3ccccc3S2(=O)=O)c1. The summed E-state index contributed by atoms with van der Waals surface area (Å²) < 4.78 is 38.0. The number of carbonyl (C=O) groups is 2. The predicted molar refractivity (Wildman–Crippen MR) is 125 cm³/mol. The number of sulfonamides is 1. The molecule has 1 heterocycles. The van der Waals surface area contributed by atoms with Crippen molar-refractivity contribution >= 4 is 27.3 Å². The lowest BCUT2D eigenvalue weighted by Crippen LogP contribution is -2.42. The van der Waals surface area contributed by atoms with Gasteiger partial charge in [-0.2, -0.15) is 0 Å². The van der Waals surface area contributed by atoms with Crippen molar-refractivity contribution in [2.24, 2.45) is 0 Å². The van der Waals surface area contributed by atoms with E-state index in [2.05, 4.69) is 0 Å². The van der Waals surface area contributed by atoms with Crippen molar-refractivity contribution in [3.63, 3.8) is 0 Å². The second-order valence-corrected chi connectivity index (χ2v) is 9.25. The van der Waals surface area contributed by atoms with Crippen LogP contribution in [0.3, 0.4) is 0 Å². The van der Waals surface area contributed by atoms with Crippen LogP contribution in [-0.2, 0) is 10.0 Å². The molecule has 0 unspecified atom stereocenters. The summed E-state index contributed by atoms with van der Waals surface area (Å²) in [7, 11) is -1.46. The molecule has 0 fully saturated rings. The molecule has 8 nitrogen and oxygen atoms in total. The highest BCUT2D eigenvalue weighted by atomic mass is 32.2. The molecule has 0 aliphatic carbocycles. The van der Waals surface area contributed by atoms with Crippen LogP contribution in [0.25, 0.3) is 5.76 Å². The summed E-state index contributed by atoms with van der Waals surface area (Å²) in [6, 6.07) is 18.1. The van der Waals surface area contributed by atoms with Crippen molar-refractivity contribution in [1.29, 1.82) is 0 Å². The third-order valence-electron chi connectivity index (χ3n) is 5.41. The fourth-order valence-corrected chi connectivity index (χ4v) is 5.30. The van der Waals surface area contributed by atoms with Gasteiger partial charge in [-0.05, 0) is 36.4 Å². The number of fused-ring (bicyclic) bond motifs is 1. The molecule has 34 heavy (non-hydrogen) atoms. The van der Waals surface area contributed by atoms with Gasteiger partial charge in [0.15, 0.2) is 11.5 Å². The Morgan fingerprint density at radius 2 is 1.47 bits per heavy atom. The summed E-state index contributed by atoms with van der Waals surface area (Å²) in [5.74, 6) is -1.06. The molecule has 9 heteroatoms. The van der Waals surface area contributed by atoms with E-state index in [0.717, 1.165) is 0 Å². The monoisotopic (exact) mass is 479 g/mol. The zero-order chi connectivity index (χ0) is 24.5. The Kier molecular flexibility index (Phi) is 6.12. The molecule has 0 atom stereocenters. The maximum absolute atomic E-state index is 13.5. The molecular formula is C25H21NO7S. The second kappa shape index (κ2) is 9.03. The van der Waals surface area contributed by atoms with Crippen molar-refractivity contribution in [2.45, 2.75) is 4.90 Å². The van der Waals surface area contributed by atoms with Crippen LogP contribution in [0.5, 0.6) is 11.5 Å². The number of nitrogens with zero attached hydrogens (tertiary/aromatic N) is 1. The number of carbonyl (C=O) groups excluding carboxylic acids is 2. The van der Waals surface area contributed by atoms with Crippen molar-refractivity contribution in [3.8, 4) is 11.5 Å². The van der Waals surface area contributed by atoms with Gasteiger partial charge in [0.2, 0.25) is 5.78 Å². The molecule has 0 bridgehead atoms. The average molecular weight is 480 g/mol. The number of methoxy groups -OCH3 is 2. The number of aliphatic hydroxyl groups excluding tert-OH is 1. The predicted octanol–water partition coefficient (Wildman–Crippen LogP) is 3.70. The summed E-state index contributed by atoms with van der Waals surface area (Å²) in [5.41, 5.74) is -0.239. The second-order valence-electron chi connectivity index (χ2n) is 7.42. The summed E-state index contributed by atoms with van der Waals surface area (Å²) >= 11 is 0. The summed E-state index contributed by atoms with van der Waals surface area (Å²) in [4.78, 5) is 26.3. The van der Waals surface area contributed by atoms with Crippen LogP contribution in [0, 0.1) is 0 Å². The third kappa shape index (κ3) is 4.01. The number of rotatable bonds is 6. The molecule has 3 aromatic carbocycles. The minimum Gasteiger partial charge on any atom is -0.505 e. The third-order valence-corrected chi connectivity index (χ3v) is 7.21. The van der Waals surface area contributed by atoms with Gasteiger partial charge in [-0.3, -0.25) is 13.9 Å². The van der Waals surface area contributed by atoms with Gasteiger partial charge in [-0.1, -0.05) is 36.4 Å². The maximum atomic E-state index is 13.5. The molecule has 3 aromatic rings. The summed E-state index contributed by atoms with van der Waals surface area (Å²) in [5, 5.41) is 11.1. The van der Waals surface area contributed by atoms with E-state index >= 15 is 0 Å². The molecule has 0 saturated carbocycles. The van der Waals surface area contributed by atoms with Gasteiger partial charge in [0.1, 0.15) is 17.2 Å². The maximum Gasteiger partial charge on any atom is 0.265 e. The zero-order valence-corrected chi connectivity index (χ0v) is 19.2. The van der Waals surface area contributed by atoms with Crippen LogP contribution in [0.1, 0.15) is 26.3 Å². The van der Waals surface area contributed by atoms with E-state index in [4.69, 9.17) is 9.47 Å². The van der Waals surface area contributed by atoms with Gasteiger partial charge >= 0.3 is 0 Å². The van der Waals surface area contributed by atoms with Crippen molar-refractivity contribution in [1.82, 2.24) is 4.31 Å². The molecule has 1 aliphatic rings. The summed E-state index contributed by atoms with van der Waals surface area (Å²) in [6.07, 6.45) is 0. The van der Waals surface area contributed by atoms with Gasteiger partial charge in [0.25, 0.3) is 10.0 Å². The zero-order valence-electron chi connectivity index (χ0n) is 18.4. The van der Waals surface area contributed by atoms with Crippen LogP contribution in [0.2, 0.25) is 0 Å². The van der Waals surface area contributed by atoms with Crippen molar-refractivity contribution in [3.05, 3.63) is 95.2 Å². The van der Waals surface area contributed by atoms with Crippen LogP contribution >= 0.6 is 0 Å². The molecule has 0 radical (unpaired) electrons. The Hall–Kier alpha value is -4.11. The number of hydrogen-bond acceptors (Lipinski definition) is 7. The molecule has 1 aliphatic heterocycles. The van der Waals surface area contributed by atoms with E-state index < -0.39 is 39.6 Å². The van der Waals surface area contributed by atoms with Gasteiger partial charge in [-0.15, -0.1) is 0 Å². The van der Waals surface area contributed by atoms with E-state index in [1.807, 2.05) is 0 Å². The van der Waals surface area contributed by atoms with Gasteiger partial charge in [0.05, 0.1) is 25.7 Å². The van der Waals surface area contributed by atoms with E-state index in [9.17, 15) is 23.1 Å². The number of ether oxygens (including phenoxy) is 2. The number of allylic oxidation sites excluding steroid dienone is 1. The topological polar surface area (TPSA) is 110 Å². The van der Waals surface area contributed by atoms with E-state index in [1.165, 1.54) is 62.8 Å². The highest BCUT2D eigenvalue weighted by molar-refractivity contribution is 7.89. The van der Waals surface area contributed by atoms with E-state index in [-0.39, 0.29) is 21.6 Å². The Balaban J connectivity index is 1.89. The molecule has 174 valence electrons. The number of aliphatic hydroxyl groups is 1. The number of hydrogen-bond donors (Lipinski definition) is 1. The quantitative estimate of drug-likeness (QED) is 0.326. The number of ketones is 2. The molecule has 0 aromatic heterocycles. The number of benzene rings is 3. The first kappa shape index (κ1) is 23.1. The first-order chi connectivity index (χ1) is 16.3. The normalized spacial score (nSPS) is 15.9. The fourth-order valence-electron chi connectivity index (χ4n) is 3.67. The van der Waals surface area contributed by atoms with E-state index in [0.29, 0.717) is 15.8 Å². The highest BCUT2D eigenvalue weighted by Gasteiger charge is 2.42. The largest absolute Gasteiger partial charge is 0.505 e. The Morgan fingerprint density at radius 3 is 2.12 bits per heavy atom. The minimum atomic E-state index is -4.34. The van der Waals surface area contributed by atoms with Crippen molar-refractivity contribution < 1.29 is 32.6 Å². The van der Waals surface area contributed by atoms with Gasteiger partial charge in [-0.25, -0.2) is 8.42 Å². The first-order valence-corrected chi connectivity index (χ1v) is 11.6. The highest BCUT2D eigenvalue weighted by Crippen LogP contribution is 2.36. The molecule has 0 amide bonds. The van der Waals surface area contributed by atoms with Crippen LogP contribution in [0.15, 0.2) is 83.4 Å². The average Bonchev–Trinajstić information content (AvgIpc) is 2.87. The Labute approximate surface area is 196 Å². The van der Waals surface area contributed by atoms with Gasteiger partial charge in [0, 0.05) is 16.7 Å². The smallest absolute Gasteiger partial charge is 0.265 e. The minimum absolute atomic E-state index is 0.0861. The molecular weight excluding hydrogens is 458 g/mol. The first-order valence-electron chi connectivity index (χ1n) is 10.2. The van der Waals surface area contributed by atoms with Crippen LogP contribution in [-0.4, -0.2) is 50.2 Å². The molecule has 4 rings (SSSR count). The standard InChI is InChI=1S/C25H21NO7S/c1-32-18-9-5-7-16(13-18)21(27)15-26-23(24(28)17-8-6-10-19(14-17)33-2)25(29)20-11-3-4-12-22(20)34(26,30)31/h3-14,28H,15H2,1-2H3/b24-23+. The molecule has 0 saturated heterocycles. The lowest BCUT2D eigenvalue weighted by Gasteiger charge is -2.31. The van der Waals surface area contributed by atoms with E-state index in [1.54, 1.807) is 24.3 Å². The fraction of sp³-hybridized carbons (Fsp3) is 0.120. The summed E-state index contributed by atoms with van der Waals surface area (Å²) in [6.45, 7) is -0.695.